The lowest BCUT2D eigenvalue weighted by molar-refractivity contribution is 0.292. The van der Waals surface area contributed by atoms with Gasteiger partial charge in [0, 0.05) is 31.3 Å². The van der Waals surface area contributed by atoms with E-state index in [4.69, 9.17) is 4.52 Å². The molecule has 1 aliphatic heterocycles. The predicted octanol–water partition coefficient (Wildman–Crippen LogP) is 2.01. The number of aromatic nitrogens is 5. The van der Waals surface area contributed by atoms with Crippen molar-refractivity contribution in [1.82, 2.24) is 30.2 Å². The molecule has 2 atom stereocenters. The number of nitrogens with zero attached hydrogens (tertiary/aromatic N) is 5. The molecule has 0 aliphatic carbocycles. The van der Waals surface area contributed by atoms with Gasteiger partial charge >= 0.3 is 0 Å². The highest BCUT2D eigenvalue weighted by atomic mass is 16.5. The van der Waals surface area contributed by atoms with Gasteiger partial charge in [0.2, 0.25) is 5.89 Å². The summed E-state index contributed by atoms with van der Waals surface area (Å²) in [5.41, 5.74) is 0. The van der Waals surface area contributed by atoms with Crippen molar-refractivity contribution in [1.29, 1.82) is 0 Å². The quantitative estimate of drug-likeness (QED) is 0.910. The summed E-state index contributed by atoms with van der Waals surface area (Å²) in [6.07, 6.45) is 2.92. The second kappa shape index (κ2) is 6.16. The molecule has 2 aromatic heterocycles. The van der Waals surface area contributed by atoms with Gasteiger partial charge in [0.1, 0.15) is 11.6 Å². The highest BCUT2D eigenvalue weighted by Crippen LogP contribution is 2.20. The van der Waals surface area contributed by atoms with Gasteiger partial charge in [0.05, 0.1) is 6.04 Å². The lowest BCUT2D eigenvalue weighted by Crippen LogP contribution is -2.39. The highest BCUT2D eigenvalue weighted by molar-refractivity contribution is 5.02. The summed E-state index contributed by atoms with van der Waals surface area (Å²) in [6, 6.07) is 0.423. The standard InChI is InChI=1S/C15H24N6O/c1-5-12-18-19-13-7-6-11(8-21(12)13)16-10(4)15-17-14(9(2)3)20-22-15/h9-11,16H,5-8H2,1-4H3/t10-,11+/m0/s1. The molecular weight excluding hydrogens is 280 g/mol. The van der Waals surface area contributed by atoms with Crippen molar-refractivity contribution in [2.24, 2.45) is 0 Å². The van der Waals surface area contributed by atoms with E-state index in [9.17, 15) is 0 Å². The monoisotopic (exact) mass is 304 g/mol. The topological polar surface area (TPSA) is 81.7 Å². The van der Waals surface area contributed by atoms with E-state index in [2.05, 4.69) is 57.9 Å². The number of hydrogen-bond donors (Lipinski definition) is 1. The van der Waals surface area contributed by atoms with Gasteiger partial charge in [-0.1, -0.05) is 25.9 Å². The maximum Gasteiger partial charge on any atom is 0.243 e. The van der Waals surface area contributed by atoms with Gasteiger partial charge in [0.15, 0.2) is 5.82 Å². The van der Waals surface area contributed by atoms with Crippen LogP contribution in [0.5, 0.6) is 0 Å². The largest absolute Gasteiger partial charge is 0.338 e. The van der Waals surface area contributed by atoms with E-state index in [-0.39, 0.29) is 12.0 Å². The fourth-order valence-electron chi connectivity index (χ4n) is 2.86. The molecule has 1 aliphatic rings. The molecule has 0 fully saturated rings. The van der Waals surface area contributed by atoms with Crippen molar-refractivity contribution in [3.05, 3.63) is 23.4 Å². The van der Waals surface area contributed by atoms with Crippen LogP contribution in [0.3, 0.4) is 0 Å². The average molecular weight is 304 g/mol. The van der Waals surface area contributed by atoms with Crippen LogP contribution in [-0.4, -0.2) is 30.9 Å². The summed E-state index contributed by atoms with van der Waals surface area (Å²) in [7, 11) is 0. The van der Waals surface area contributed by atoms with Gasteiger partial charge in [-0.3, -0.25) is 0 Å². The van der Waals surface area contributed by atoms with E-state index in [1.54, 1.807) is 0 Å². The molecule has 3 rings (SSSR count). The number of rotatable bonds is 5. The van der Waals surface area contributed by atoms with Crippen molar-refractivity contribution < 1.29 is 4.52 Å². The minimum atomic E-state index is 0.0492. The predicted molar refractivity (Wildman–Crippen MR) is 81.4 cm³/mol. The lowest BCUT2D eigenvalue weighted by atomic mass is 10.1. The van der Waals surface area contributed by atoms with Crippen LogP contribution < -0.4 is 5.32 Å². The molecule has 7 nitrogen and oxygen atoms in total. The van der Waals surface area contributed by atoms with Crippen LogP contribution in [0.15, 0.2) is 4.52 Å². The van der Waals surface area contributed by atoms with Crippen molar-refractivity contribution in [3.63, 3.8) is 0 Å². The van der Waals surface area contributed by atoms with Gasteiger partial charge in [-0.25, -0.2) is 0 Å². The average Bonchev–Trinajstić information content (AvgIpc) is 3.13. The SMILES string of the molecule is CCc1nnc2n1C[C@H](N[C@@H](C)c1nc(C(C)C)no1)CC2. The molecule has 0 saturated carbocycles. The van der Waals surface area contributed by atoms with Crippen LogP contribution in [0.2, 0.25) is 0 Å². The summed E-state index contributed by atoms with van der Waals surface area (Å²) in [5, 5.41) is 16.2. The first kappa shape index (κ1) is 15.1. The second-order valence-corrected chi connectivity index (χ2v) is 6.27. The summed E-state index contributed by atoms with van der Waals surface area (Å²) < 4.78 is 7.61. The van der Waals surface area contributed by atoms with Gasteiger partial charge in [-0.15, -0.1) is 10.2 Å². The highest BCUT2D eigenvalue weighted by Gasteiger charge is 2.25. The molecule has 22 heavy (non-hydrogen) atoms. The van der Waals surface area contributed by atoms with Crippen molar-refractivity contribution in [2.45, 2.75) is 71.5 Å². The van der Waals surface area contributed by atoms with Crippen LogP contribution in [0.1, 0.15) is 69.4 Å². The first-order valence-electron chi connectivity index (χ1n) is 8.09. The molecule has 120 valence electrons. The Balaban J connectivity index is 1.66. The van der Waals surface area contributed by atoms with E-state index >= 15 is 0 Å². The molecule has 0 aromatic carbocycles. The minimum Gasteiger partial charge on any atom is -0.338 e. The number of fused-ring (bicyclic) bond motifs is 1. The molecule has 7 heteroatoms. The Kier molecular flexibility index (Phi) is 4.24. The van der Waals surface area contributed by atoms with E-state index in [1.165, 1.54) is 0 Å². The molecule has 0 spiro atoms. The molecule has 2 aromatic rings. The zero-order chi connectivity index (χ0) is 15.7. The molecule has 0 radical (unpaired) electrons. The van der Waals surface area contributed by atoms with E-state index in [0.29, 0.717) is 11.9 Å². The zero-order valence-electron chi connectivity index (χ0n) is 13.7. The zero-order valence-corrected chi connectivity index (χ0v) is 13.7. The smallest absolute Gasteiger partial charge is 0.243 e. The van der Waals surface area contributed by atoms with E-state index < -0.39 is 0 Å². The molecule has 0 bridgehead atoms. The Hall–Kier alpha value is -1.76. The van der Waals surface area contributed by atoms with Crippen molar-refractivity contribution in [2.75, 3.05) is 0 Å². The Morgan fingerprint density at radius 1 is 1.32 bits per heavy atom. The molecule has 0 amide bonds. The van der Waals surface area contributed by atoms with Gasteiger partial charge < -0.3 is 14.4 Å². The maximum atomic E-state index is 5.37. The van der Waals surface area contributed by atoms with Gasteiger partial charge in [-0.2, -0.15) is 4.98 Å². The Bertz CT molecular complexity index is 618. The fraction of sp³-hybridized carbons (Fsp3) is 0.733. The van der Waals surface area contributed by atoms with Gasteiger partial charge in [-0.05, 0) is 13.3 Å². The maximum absolute atomic E-state index is 5.37. The number of aryl methyl sites for hydroxylation is 2. The van der Waals surface area contributed by atoms with Crippen LogP contribution in [-0.2, 0) is 19.4 Å². The molecule has 1 N–H and O–H groups in total. The Morgan fingerprint density at radius 3 is 2.82 bits per heavy atom. The third-order valence-corrected chi connectivity index (χ3v) is 4.17. The van der Waals surface area contributed by atoms with Crippen LogP contribution in [0, 0.1) is 0 Å². The van der Waals surface area contributed by atoms with Crippen LogP contribution in [0.4, 0.5) is 0 Å². The number of hydrogen-bond acceptors (Lipinski definition) is 6. The normalized spacial score (nSPS) is 19.4. The fourth-order valence-corrected chi connectivity index (χ4v) is 2.86. The third kappa shape index (κ3) is 2.90. The van der Waals surface area contributed by atoms with Crippen LogP contribution >= 0.6 is 0 Å². The summed E-state index contributed by atoms with van der Waals surface area (Å²) in [4.78, 5) is 4.47. The van der Waals surface area contributed by atoms with Crippen LogP contribution in [0.25, 0.3) is 0 Å². The van der Waals surface area contributed by atoms with E-state index in [1.807, 2.05) is 0 Å². The molecule has 0 unspecified atom stereocenters. The Morgan fingerprint density at radius 2 is 2.14 bits per heavy atom. The summed E-state index contributed by atoms with van der Waals surface area (Å²) in [5.74, 6) is 3.87. The number of nitrogens with one attached hydrogen (secondary N) is 1. The molecular formula is C15H24N6O. The molecule has 3 heterocycles. The van der Waals surface area contributed by atoms with Crippen molar-refractivity contribution in [3.8, 4) is 0 Å². The summed E-state index contributed by atoms with van der Waals surface area (Å²) >= 11 is 0. The first-order chi connectivity index (χ1) is 10.6. The first-order valence-corrected chi connectivity index (χ1v) is 8.09. The summed E-state index contributed by atoms with van der Waals surface area (Å²) in [6.45, 7) is 9.21. The van der Waals surface area contributed by atoms with Gasteiger partial charge in [0.25, 0.3) is 0 Å². The third-order valence-electron chi connectivity index (χ3n) is 4.17. The second-order valence-electron chi connectivity index (χ2n) is 6.27. The lowest BCUT2D eigenvalue weighted by Gasteiger charge is -2.27. The minimum absolute atomic E-state index is 0.0492. The Labute approximate surface area is 130 Å². The van der Waals surface area contributed by atoms with Crippen molar-refractivity contribution >= 4 is 0 Å². The molecule has 0 saturated heterocycles. The van der Waals surface area contributed by atoms with E-state index in [0.717, 1.165) is 43.3 Å².